The number of nitrogens with two attached hydrogens (primary N) is 2. The molecule has 4 N–H and O–H groups in total. The Labute approximate surface area is 76.3 Å². The van der Waals surface area contributed by atoms with E-state index in [0.29, 0.717) is 16.3 Å². The zero-order valence-electron chi connectivity index (χ0n) is 6.75. The van der Waals surface area contributed by atoms with Crippen LogP contribution in [0.5, 0.6) is 5.75 Å². The van der Waals surface area contributed by atoms with Gasteiger partial charge in [-0.1, -0.05) is 11.6 Å². The van der Waals surface area contributed by atoms with Gasteiger partial charge in [-0.2, -0.15) is 0 Å². The lowest BCUT2D eigenvalue weighted by atomic mass is 10.1. The molecule has 0 saturated heterocycles. The van der Waals surface area contributed by atoms with E-state index in [4.69, 9.17) is 27.8 Å². The summed E-state index contributed by atoms with van der Waals surface area (Å²) in [5.41, 5.74) is 11.7. The predicted molar refractivity (Wildman–Crippen MR) is 49.1 cm³/mol. The molecule has 0 radical (unpaired) electrons. The van der Waals surface area contributed by atoms with Gasteiger partial charge in [-0.25, -0.2) is 0 Å². The smallest absolute Gasteiger partial charge is 0.125 e. The third-order valence-electron chi connectivity index (χ3n) is 1.55. The molecule has 4 heteroatoms. The maximum atomic E-state index is 5.75. The van der Waals surface area contributed by atoms with Crippen molar-refractivity contribution in [3.8, 4) is 5.75 Å². The number of benzene rings is 1. The summed E-state index contributed by atoms with van der Waals surface area (Å²) in [4.78, 5) is 0. The highest BCUT2D eigenvalue weighted by molar-refractivity contribution is 6.30. The first-order chi connectivity index (χ1) is 5.65. The molecule has 0 bridgehead atoms. The molecule has 0 atom stereocenters. The van der Waals surface area contributed by atoms with Crippen LogP contribution in [0.15, 0.2) is 18.2 Å². The van der Waals surface area contributed by atoms with E-state index in [-0.39, 0.29) is 0 Å². The zero-order valence-corrected chi connectivity index (χ0v) is 7.51. The highest BCUT2D eigenvalue weighted by Gasteiger charge is 2.07. The number of hydrogen-bond acceptors (Lipinski definition) is 3. The van der Waals surface area contributed by atoms with Crippen LogP contribution in [-0.4, -0.2) is 7.11 Å². The van der Waals surface area contributed by atoms with Crippen molar-refractivity contribution in [2.24, 2.45) is 11.5 Å². The summed E-state index contributed by atoms with van der Waals surface area (Å²) < 4.78 is 5.04. The predicted octanol–water partition coefficient (Wildman–Crippen LogP) is 1.26. The van der Waals surface area contributed by atoms with E-state index in [0.717, 1.165) is 0 Å². The molecule has 0 aliphatic rings. The average molecular weight is 187 g/mol. The fourth-order valence-electron chi connectivity index (χ4n) is 0.966. The van der Waals surface area contributed by atoms with Crippen molar-refractivity contribution in [3.63, 3.8) is 0 Å². The second-order valence-corrected chi connectivity index (χ2v) is 2.85. The first kappa shape index (κ1) is 9.32. The van der Waals surface area contributed by atoms with E-state index in [2.05, 4.69) is 0 Å². The van der Waals surface area contributed by atoms with E-state index in [1.165, 1.54) is 0 Å². The van der Waals surface area contributed by atoms with Crippen molar-refractivity contribution in [1.82, 2.24) is 0 Å². The number of halogens is 1. The molecule has 3 nitrogen and oxygen atoms in total. The van der Waals surface area contributed by atoms with E-state index in [9.17, 15) is 0 Å². The Morgan fingerprint density at radius 1 is 1.42 bits per heavy atom. The van der Waals surface area contributed by atoms with Gasteiger partial charge in [-0.15, -0.1) is 0 Å². The molecule has 1 rings (SSSR count). The van der Waals surface area contributed by atoms with E-state index < -0.39 is 6.17 Å². The lowest BCUT2D eigenvalue weighted by Crippen LogP contribution is -2.20. The Balaban J connectivity index is 3.12. The minimum absolute atomic E-state index is 0.557. The van der Waals surface area contributed by atoms with Crippen molar-refractivity contribution in [1.29, 1.82) is 0 Å². The average Bonchev–Trinajstić information content (AvgIpc) is 2.04. The molecular weight excluding hydrogens is 176 g/mol. The van der Waals surface area contributed by atoms with Crippen LogP contribution in [0, 0.1) is 0 Å². The summed E-state index contributed by atoms with van der Waals surface area (Å²) in [5.74, 6) is 0.661. The van der Waals surface area contributed by atoms with Crippen LogP contribution < -0.4 is 16.2 Å². The SMILES string of the molecule is COc1ccc(Cl)cc1C(N)N. The van der Waals surface area contributed by atoms with Gasteiger partial charge in [0.25, 0.3) is 0 Å². The molecule has 0 aromatic heterocycles. The van der Waals surface area contributed by atoms with Crippen LogP contribution in [-0.2, 0) is 0 Å². The molecule has 0 heterocycles. The molecule has 12 heavy (non-hydrogen) atoms. The van der Waals surface area contributed by atoms with Crippen molar-refractivity contribution in [2.45, 2.75) is 6.17 Å². The zero-order chi connectivity index (χ0) is 9.14. The van der Waals surface area contributed by atoms with Gasteiger partial charge in [0.1, 0.15) is 5.75 Å². The fraction of sp³-hybridized carbons (Fsp3) is 0.250. The second kappa shape index (κ2) is 3.76. The normalized spacial score (nSPS) is 10.4. The van der Waals surface area contributed by atoms with Crippen LogP contribution in [0.25, 0.3) is 0 Å². The molecule has 0 amide bonds. The minimum Gasteiger partial charge on any atom is -0.496 e. The Hall–Kier alpha value is -0.770. The van der Waals surface area contributed by atoms with Gasteiger partial charge in [0.05, 0.1) is 13.3 Å². The molecule has 0 aliphatic carbocycles. The molecule has 66 valence electrons. The molecule has 1 aromatic rings. The molecule has 0 spiro atoms. The fourth-order valence-corrected chi connectivity index (χ4v) is 1.15. The summed E-state index contributed by atoms with van der Waals surface area (Å²) in [6.07, 6.45) is -0.557. The number of ether oxygens (including phenoxy) is 1. The van der Waals surface area contributed by atoms with E-state index in [1.54, 1.807) is 25.3 Å². The molecule has 1 aromatic carbocycles. The monoisotopic (exact) mass is 186 g/mol. The minimum atomic E-state index is -0.557. The first-order valence-corrected chi connectivity index (χ1v) is 3.87. The van der Waals surface area contributed by atoms with Gasteiger partial charge in [-0.3, -0.25) is 0 Å². The summed E-state index contributed by atoms with van der Waals surface area (Å²) in [6, 6.07) is 5.17. The Kier molecular flexibility index (Phi) is 2.92. The number of methoxy groups -OCH3 is 1. The maximum Gasteiger partial charge on any atom is 0.125 e. The highest BCUT2D eigenvalue weighted by Crippen LogP contribution is 2.24. The lowest BCUT2D eigenvalue weighted by molar-refractivity contribution is 0.406. The van der Waals surface area contributed by atoms with Gasteiger partial charge >= 0.3 is 0 Å². The first-order valence-electron chi connectivity index (χ1n) is 3.49. The third-order valence-corrected chi connectivity index (χ3v) is 1.79. The Morgan fingerprint density at radius 3 is 2.58 bits per heavy atom. The molecule has 0 fully saturated rings. The maximum absolute atomic E-state index is 5.75. The Morgan fingerprint density at radius 2 is 2.08 bits per heavy atom. The van der Waals surface area contributed by atoms with Crippen LogP contribution in [0.2, 0.25) is 5.02 Å². The topological polar surface area (TPSA) is 61.3 Å². The van der Waals surface area contributed by atoms with Crippen molar-refractivity contribution >= 4 is 11.6 Å². The van der Waals surface area contributed by atoms with E-state index >= 15 is 0 Å². The van der Waals surface area contributed by atoms with Gasteiger partial charge in [-0.05, 0) is 18.2 Å². The lowest BCUT2D eigenvalue weighted by Gasteiger charge is -2.11. The third kappa shape index (κ3) is 1.88. The van der Waals surface area contributed by atoms with Crippen molar-refractivity contribution in [2.75, 3.05) is 7.11 Å². The summed E-state index contributed by atoms with van der Waals surface area (Å²) >= 11 is 5.75. The number of rotatable bonds is 2. The largest absolute Gasteiger partial charge is 0.496 e. The highest BCUT2D eigenvalue weighted by atomic mass is 35.5. The summed E-state index contributed by atoms with van der Waals surface area (Å²) in [7, 11) is 1.56. The van der Waals surface area contributed by atoms with Crippen LogP contribution in [0.3, 0.4) is 0 Å². The summed E-state index contributed by atoms with van der Waals surface area (Å²) in [5, 5.41) is 0.603. The van der Waals surface area contributed by atoms with Crippen molar-refractivity contribution in [3.05, 3.63) is 28.8 Å². The molecule has 0 saturated carbocycles. The number of hydrogen-bond donors (Lipinski definition) is 2. The van der Waals surface area contributed by atoms with Gasteiger partial charge < -0.3 is 16.2 Å². The van der Waals surface area contributed by atoms with Gasteiger partial charge in [0, 0.05) is 10.6 Å². The van der Waals surface area contributed by atoms with Crippen LogP contribution in [0.4, 0.5) is 0 Å². The van der Waals surface area contributed by atoms with Gasteiger partial charge in [0.2, 0.25) is 0 Å². The molecule has 0 unspecified atom stereocenters. The van der Waals surface area contributed by atoms with Crippen molar-refractivity contribution < 1.29 is 4.74 Å². The standard InChI is InChI=1S/C8H11ClN2O/c1-12-7-3-2-5(9)4-6(7)8(10)11/h2-4,8H,10-11H2,1H3. The quantitative estimate of drug-likeness (QED) is 0.684. The molecule has 0 aliphatic heterocycles. The second-order valence-electron chi connectivity index (χ2n) is 2.41. The van der Waals surface area contributed by atoms with Crippen LogP contribution >= 0.6 is 11.6 Å². The Bertz CT molecular complexity index is 276. The summed E-state index contributed by atoms with van der Waals surface area (Å²) in [6.45, 7) is 0. The van der Waals surface area contributed by atoms with Gasteiger partial charge in [0.15, 0.2) is 0 Å². The molecular formula is C8H11ClN2O. The van der Waals surface area contributed by atoms with E-state index in [1.807, 2.05) is 0 Å². The van der Waals surface area contributed by atoms with Crippen LogP contribution in [0.1, 0.15) is 11.7 Å².